The molecular formula is C22H30Cl2N4O2. The maximum absolute atomic E-state index is 12.4. The fourth-order valence-electron chi connectivity index (χ4n) is 3.59. The maximum atomic E-state index is 12.4. The number of nitrogens with two attached hydrogens (primary N) is 2. The topological polar surface area (TPSA) is 110 Å². The average molecular weight is 453 g/mol. The second-order valence-electron chi connectivity index (χ2n) is 7.34. The van der Waals surface area contributed by atoms with Gasteiger partial charge < -0.3 is 22.1 Å². The summed E-state index contributed by atoms with van der Waals surface area (Å²) < 4.78 is 0. The molecule has 0 spiro atoms. The van der Waals surface area contributed by atoms with Crippen molar-refractivity contribution in [3.63, 3.8) is 0 Å². The predicted octanol–water partition coefficient (Wildman–Crippen LogP) is 2.77. The smallest absolute Gasteiger partial charge is 0.241 e. The van der Waals surface area contributed by atoms with Gasteiger partial charge in [-0.15, -0.1) is 24.8 Å². The molecule has 1 saturated carbocycles. The van der Waals surface area contributed by atoms with Gasteiger partial charge in [-0.05, 0) is 36.8 Å². The van der Waals surface area contributed by atoms with Crippen molar-refractivity contribution in [2.24, 2.45) is 11.5 Å². The zero-order chi connectivity index (χ0) is 19.9. The highest BCUT2D eigenvalue weighted by atomic mass is 35.5. The number of nitrogens with one attached hydrogen (secondary N) is 2. The number of carbonyl (C=O) groups is 2. The second kappa shape index (κ2) is 12.5. The Labute approximate surface area is 190 Å². The minimum Gasteiger partial charge on any atom is -0.352 e. The largest absolute Gasteiger partial charge is 0.352 e. The van der Waals surface area contributed by atoms with E-state index in [1.54, 1.807) is 0 Å². The molecule has 0 aromatic heterocycles. The zero-order valence-corrected chi connectivity index (χ0v) is 18.3. The van der Waals surface area contributed by atoms with Crippen molar-refractivity contribution in [2.75, 3.05) is 0 Å². The van der Waals surface area contributed by atoms with Crippen LogP contribution in [0.15, 0.2) is 60.7 Å². The molecule has 2 aromatic carbocycles. The van der Waals surface area contributed by atoms with Gasteiger partial charge in [0.05, 0.1) is 0 Å². The minimum atomic E-state index is -0.664. The van der Waals surface area contributed by atoms with E-state index in [1.165, 1.54) is 0 Å². The molecule has 2 atom stereocenters. The van der Waals surface area contributed by atoms with Gasteiger partial charge in [-0.25, -0.2) is 0 Å². The van der Waals surface area contributed by atoms with Crippen molar-refractivity contribution in [3.05, 3.63) is 71.8 Å². The van der Waals surface area contributed by atoms with Crippen LogP contribution in [0.5, 0.6) is 0 Å². The first-order valence-corrected chi connectivity index (χ1v) is 9.76. The van der Waals surface area contributed by atoms with Crippen molar-refractivity contribution in [3.8, 4) is 0 Å². The monoisotopic (exact) mass is 452 g/mol. The summed E-state index contributed by atoms with van der Waals surface area (Å²) in [5.41, 5.74) is 13.7. The van der Waals surface area contributed by atoms with Crippen molar-refractivity contribution >= 4 is 36.6 Å². The van der Waals surface area contributed by atoms with Gasteiger partial charge in [-0.1, -0.05) is 60.7 Å². The molecule has 1 aliphatic carbocycles. The van der Waals surface area contributed by atoms with Crippen LogP contribution in [0.1, 0.15) is 48.9 Å². The van der Waals surface area contributed by atoms with Gasteiger partial charge >= 0.3 is 0 Å². The molecule has 0 heterocycles. The summed E-state index contributed by atoms with van der Waals surface area (Å²) in [6.07, 6.45) is 3.22. The maximum Gasteiger partial charge on any atom is 0.241 e. The summed E-state index contributed by atoms with van der Waals surface area (Å²) in [6, 6.07) is 17.5. The highest BCUT2D eigenvalue weighted by Crippen LogP contribution is 2.21. The van der Waals surface area contributed by atoms with Crippen LogP contribution < -0.4 is 22.1 Å². The van der Waals surface area contributed by atoms with E-state index in [0.717, 1.165) is 36.8 Å². The predicted molar refractivity (Wildman–Crippen MR) is 124 cm³/mol. The molecular weight excluding hydrogens is 423 g/mol. The lowest BCUT2D eigenvalue weighted by Gasteiger charge is -2.31. The average Bonchev–Trinajstić information content (AvgIpc) is 2.75. The van der Waals surface area contributed by atoms with Gasteiger partial charge in [0.25, 0.3) is 0 Å². The Bertz CT molecular complexity index is 717. The molecule has 8 heteroatoms. The third-order valence-electron chi connectivity index (χ3n) is 5.30. The third-order valence-corrected chi connectivity index (χ3v) is 5.30. The Hall–Kier alpha value is -2.12. The molecule has 0 saturated heterocycles. The molecule has 0 radical (unpaired) electrons. The van der Waals surface area contributed by atoms with Crippen molar-refractivity contribution in [1.29, 1.82) is 0 Å². The Morgan fingerprint density at radius 2 is 0.967 bits per heavy atom. The Morgan fingerprint density at radius 3 is 1.27 bits per heavy atom. The fourth-order valence-corrected chi connectivity index (χ4v) is 3.59. The molecule has 164 valence electrons. The van der Waals surface area contributed by atoms with E-state index in [0.29, 0.717) is 0 Å². The lowest BCUT2D eigenvalue weighted by molar-refractivity contribution is -0.125. The van der Waals surface area contributed by atoms with Crippen LogP contribution in [0.25, 0.3) is 0 Å². The number of hydrogen-bond acceptors (Lipinski definition) is 4. The first-order valence-electron chi connectivity index (χ1n) is 9.76. The highest BCUT2D eigenvalue weighted by Gasteiger charge is 2.27. The molecule has 6 N–H and O–H groups in total. The standard InChI is InChI=1S/C22H28N4O2.2ClH/c23-19(15-7-3-1-4-8-15)21(27)25-17-11-13-18(14-12-17)26-22(28)20(24)16-9-5-2-6-10-16;;/h1-10,17-20H,11-14,23-24H2,(H,25,27)(H,26,28);2*1H. The highest BCUT2D eigenvalue weighted by molar-refractivity contribution is 5.86. The number of amides is 2. The summed E-state index contributed by atoms with van der Waals surface area (Å²) in [5, 5.41) is 6.08. The number of carbonyl (C=O) groups excluding carboxylic acids is 2. The van der Waals surface area contributed by atoms with Crippen molar-refractivity contribution < 1.29 is 9.59 Å². The van der Waals surface area contributed by atoms with Crippen LogP contribution in [0.4, 0.5) is 0 Å². The first-order chi connectivity index (χ1) is 13.5. The van der Waals surface area contributed by atoms with Crippen LogP contribution in [0, 0.1) is 0 Å². The molecule has 6 nitrogen and oxygen atoms in total. The number of benzene rings is 2. The quantitative estimate of drug-likeness (QED) is 0.539. The second-order valence-corrected chi connectivity index (χ2v) is 7.34. The van der Waals surface area contributed by atoms with E-state index in [9.17, 15) is 9.59 Å². The molecule has 1 fully saturated rings. The lowest BCUT2D eigenvalue weighted by atomic mass is 9.90. The van der Waals surface area contributed by atoms with Gasteiger partial charge in [0.2, 0.25) is 11.8 Å². The van der Waals surface area contributed by atoms with Crippen LogP contribution in [-0.2, 0) is 9.59 Å². The molecule has 1 aliphatic rings. The van der Waals surface area contributed by atoms with Gasteiger partial charge in [0, 0.05) is 12.1 Å². The number of halogens is 2. The third kappa shape index (κ3) is 6.99. The van der Waals surface area contributed by atoms with Gasteiger partial charge in [0.1, 0.15) is 12.1 Å². The van der Waals surface area contributed by atoms with Gasteiger partial charge in [-0.2, -0.15) is 0 Å². The van der Waals surface area contributed by atoms with Crippen LogP contribution >= 0.6 is 24.8 Å². The van der Waals surface area contributed by atoms with E-state index < -0.39 is 12.1 Å². The Morgan fingerprint density at radius 1 is 0.667 bits per heavy atom. The number of rotatable bonds is 6. The normalized spacial score (nSPS) is 19.9. The minimum absolute atomic E-state index is 0. The van der Waals surface area contributed by atoms with E-state index >= 15 is 0 Å². The molecule has 2 amide bonds. The van der Waals surface area contributed by atoms with E-state index in [4.69, 9.17) is 11.5 Å². The summed E-state index contributed by atoms with van der Waals surface area (Å²) in [4.78, 5) is 24.8. The van der Waals surface area contributed by atoms with Crippen LogP contribution in [0.3, 0.4) is 0 Å². The van der Waals surface area contributed by atoms with E-state index in [1.807, 2.05) is 60.7 Å². The lowest BCUT2D eigenvalue weighted by Crippen LogP contribution is -2.47. The van der Waals surface area contributed by atoms with Crippen molar-refractivity contribution in [1.82, 2.24) is 10.6 Å². The van der Waals surface area contributed by atoms with Gasteiger partial charge in [-0.3, -0.25) is 9.59 Å². The molecule has 2 unspecified atom stereocenters. The van der Waals surface area contributed by atoms with Crippen LogP contribution in [0.2, 0.25) is 0 Å². The molecule has 3 rings (SSSR count). The van der Waals surface area contributed by atoms with E-state index in [2.05, 4.69) is 10.6 Å². The molecule has 0 bridgehead atoms. The van der Waals surface area contributed by atoms with Gasteiger partial charge in [0.15, 0.2) is 0 Å². The Balaban J connectivity index is 0.00000225. The summed E-state index contributed by atoms with van der Waals surface area (Å²) in [6.45, 7) is 0. The van der Waals surface area contributed by atoms with Crippen molar-refractivity contribution in [2.45, 2.75) is 49.9 Å². The molecule has 2 aromatic rings. The SMILES string of the molecule is Cl.Cl.NC(C(=O)NC1CCC(NC(=O)C(N)c2ccccc2)CC1)c1ccccc1. The van der Waals surface area contributed by atoms with E-state index in [-0.39, 0.29) is 48.7 Å². The molecule has 30 heavy (non-hydrogen) atoms. The summed E-state index contributed by atoms with van der Waals surface area (Å²) in [5.74, 6) is -0.324. The summed E-state index contributed by atoms with van der Waals surface area (Å²) >= 11 is 0. The summed E-state index contributed by atoms with van der Waals surface area (Å²) in [7, 11) is 0. The molecule has 0 aliphatic heterocycles. The van der Waals surface area contributed by atoms with Crippen LogP contribution in [-0.4, -0.2) is 23.9 Å². The zero-order valence-electron chi connectivity index (χ0n) is 16.7. The fraction of sp³-hybridized carbons (Fsp3) is 0.364. The first kappa shape index (κ1) is 25.9. The number of hydrogen-bond donors (Lipinski definition) is 4. The Kier molecular flexibility index (Phi) is 10.8.